The highest BCUT2D eigenvalue weighted by Gasteiger charge is 2.19. The van der Waals surface area contributed by atoms with Crippen LogP contribution in [0.25, 0.3) is 22.6 Å². The second kappa shape index (κ2) is 7.60. The van der Waals surface area contributed by atoms with E-state index < -0.39 is 0 Å². The summed E-state index contributed by atoms with van der Waals surface area (Å²) in [5.74, 6) is 1.78. The summed E-state index contributed by atoms with van der Waals surface area (Å²) in [6.07, 6.45) is 0. The molecule has 0 fully saturated rings. The standard InChI is InChI=1S/C22H17NO3S/c24-17-10-6-15(7-11-17)21-20(14-27-19-4-2-1-3-5-19)22(26-23-21)16-8-12-18(25)13-9-16/h1-13,24-25H,14H2. The van der Waals surface area contributed by atoms with Crippen LogP contribution in [-0.2, 0) is 5.75 Å². The Labute approximate surface area is 161 Å². The molecule has 1 heterocycles. The summed E-state index contributed by atoms with van der Waals surface area (Å²) < 4.78 is 5.69. The number of nitrogens with zero attached hydrogens (tertiary/aromatic N) is 1. The number of phenolic OH excluding ortho intramolecular Hbond substituents is 2. The predicted octanol–water partition coefficient (Wildman–Crippen LogP) is 5.71. The van der Waals surface area contributed by atoms with Crippen LogP contribution in [0.15, 0.2) is 88.3 Å². The molecule has 0 spiro atoms. The fourth-order valence-corrected chi connectivity index (χ4v) is 3.73. The zero-order valence-electron chi connectivity index (χ0n) is 14.4. The van der Waals surface area contributed by atoms with E-state index in [4.69, 9.17) is 4.52 Å². The molecule has 5 heteroatoms. The molecule has 0 radical (unpaired) electrons. The molecule has 3 aromatic carbocycles. The first-order chi connectivity index (χ1) is 13.2. The number of thioether (sulfide) groups is 1. The van der Waals surface area contributed by atoms with Gasteiger partial charge in [0, 0.05) is 27.3 Å². The van der Waals surface area contributed by atoms with Gasteiger partial charge in [0.05, 0.1) is 0 Å². The quantitative estimate of drug-likeness (QED) is 0.437. The second-order valence-corrected chi connectivity index (χ2v) is 7.08. The van der Waals surface area contributed by atoms with Crippen molar-refractivity contribution in [1.82, 2.24) is 5.16 Å². The number of rotatable bonds is 5. The van der Waals surface area contributed by atoms with Crippen molar-refractivity contribution >= 4 is 11.8 Å². The molecule has 0 aliphatic rings. The zero-order valence-corrected chi connectivity index (χ0v) is 15.2. The average molecular weight is 375 g/mol. The van der Waals surface area contributed by atoms with Gasteiger partial charge in [-0.15, -0.1) is 11.8 Å². The maximum atomic E-state index is 9.56. The minimum absolute atomic E-state index is 0.206. The molecule has 0 bridgehead atoms. The van der Waals surface area contributed by atoms with Gasteiger partial charge in [-0.25, -0.2) is 0 Å². The second-order valence-electron chi connectivity index (χ2n) is 6.03. The van der Waals surface area contributed by atoms with E-state index in [1.54, 1.807) is 36.0 Å². The molecule has 4 nitrogen and oxygen atoms in total. The van der Waals surface area contributed by atoms with Crippen LogP contribution in [0.2, 0.25) is 0 Å². The van der Waals surface area contributed by atoms with Gasteiger partial charge in [-0.3, -0.25) is 0 Å². The molecule has 0 aliphatic heterocycles. The normalized spacial score (nSPS) is 10.8. The van der Waals surface area contributed by atoms with Crippen molar-refractivity contribution in [2.75, 3.05) is 0 Å². The van der Waals surface area contributed by atoms with Crippen molar-refractivity contribution in [2.24, 2.45) is 0 Å². The van der Waals surface area contributed by atoms with E-state index >= 15 is 0 Å². The monoisotopic (exact) mass is 375 g/mol. The highest BCUT2D eigenvalue weighted by atomic mass is 32.2. The number of phenols is 2. The lowest BCUT2D eigenvalue weighted by Gasteiger charge is -2.06. The largest absolute Gasteiger partial charge is 0.508 e. The highest BCUT2D eigenvalue weighted by Crippen LogP contribution is 2.37. The van der Waals surface area contributed by atoms with Gasteiger partial charge < -0.3 is 14.7 Å². The lowest BCUT2D eigenvalue weighted by atomic mass is 10.0. The summed E-state index contributed by atoms with van der Waals surface area (Å²) in [7, 11) is 0. The van der Waals surface area contributed by atoms with Crippen molar-refractivity contribution in [3.8, 4) is 34.1 Å². The summed E-state index contributed by atoms with van der Waals surface area (Å²) in [6.45, 7) is 0. The van der Waals surface area contributed by atoms with Crippen LogP contribution in [0.1, 0.15) is 5.56 Å². The topological polar surface area (TPSA) is 66.5 Å². The maximum Gasteiger partial charge on any atom is 0.171 e. The number of aromatic hydroxyl groups is 2. The van der Waals surface area contributed by atoms with Crippen molar-refractivity contribution < 1.29 is 14.7 Å². The third kappa shape index (κ3) is 3.83. The van der Waals surface area contributed by atoms with Gasteiger partial charge in [-0.1, -0.05) is 23.4 Å². The average Bonchev–Trinajstić information content (AvgIpc) is 3.12. The van der Waals surface area contributed by atoms with Crippen LogP contribution in [0.3, 0.4) is 0 Å². The lowest BCUT2D eigenvalue weighted by Crippen LogP contribution is -1.88. The van der Waals surface area contributed by atoms with E-state index in [2.05, 4.69) is 17.3 Å². The van der Waals surface area contributed by atoms with E-state index in [-0.39, 0.29) is 11.5 Å². The summed E-state index contributed by atoms with van der Waals surface area (Å²) in [5.41, 5.74) is 3.46. The molecule has 0 atom stereocenters. The highest BCUT2D eigenvalue weighted by molar-refractivity contribution is 7.98. The van der Waals surface area contributed by atoms with Gasteiger partial charge in [0.1, 0.15) is 17.2 Å². The van der Waals surface area contributed by atoms with Gasteiger partial charge in [-0.05, 0) is 60.7 Å². The Kier molecular flexibility index (Phi) is 4.85. The zero-order chi connectivity index (χ0) is 18.6. The van der Waals surface area contributed by atoms with Crippen molar-refractivity contribution in [3.63, 3.8) is 0 Å². The third-order valence-corrected chi connectivity index (χ3v) is 5.22. The summed E-state index contributed by atoms with van der Waals surface area (Å²) >= 11 is 1.70. The minimum atomic E-state index is 0.206. The molecule has 0 saturated heterocycles. The van der Waals surface area contributed by atoms with Crippen LogP contribution in [0.4, 0.5) is 0 Å². The molecule has 1 aromatic heterocycles. The Bertz CT molecular complexity index is 963. The van der Waals surface area contributed by atoms with Gasteiger partial charge in [-0.2, -0.15) is 0 Å². The summed E-state index contributed by atoms with van der Waals surface area (Å²) in [4.78, 5) is 1.16. The molecule has 4 rings (SSSR count). The van der Waals surface area contributed by atoms with Crippen LogP contribution >= 0.6 is 11.8 Å². The van der Waals surface area contributed by atoms with E-state index in [1.165, 1.54) is 0 Å². The van der Waals surface area contributed by atoms with Crippen LogP contribution in [-0.4, -0.2) is 15.4 Å². The molecule has 134 valence electrons. The number of hydrogen-bond donors (Lipinski definition) is 2. The first-order valence-electron chi connectivity index (χ1n) is 8.46. The van der Waals surface area contributed by atoms with E-state index in [0.717, 1.165) is 27.3 Å². The minimum Gasteiger partial charge on any atom is -0.508 e. The number of hydrogen-bond acceptors (Lipinski definition) is 5. The van der Waals surface area contributed by atoms with Crippen molar-refractivity contribution in [1.29, 1.82) is 0 Å². The molecule has 0 aliphatic carbocycles. The lowest BCUT2D eigenvalue weighted by molar-refractivity contribution is 0.434. The smallest absolute Gasteiger partial charge is 0.171 e. The first kappa shape index (κ1) is 17.2. The molecule has 2 N–H and O–H groups in total. The Balaban J connectivity index is 1.74. The van der Waals surface area contributed by atoms with Crippen molar-refractivity contribution in [3.05, 3.63) is 84.4 Å². The Morgan fingerprint density at radius 3 is 1.96 bits per heavy atom. The van der Waals surface area contributed by atoms with Crippen LogP contribution < -0.4 is 0 Å². The molecular weight excluding hydrogens is 358 g/mol. The maximum absolute atomic E-state index is 9.56. The Morgan fingerprint density at radius 2 is 1.33 bits per heavy atom. The molecule has 27 heavy (non-hydrogen) atoms. The van der Waals surface area contributed by atoms with Crippen molar-refractivity contribution in [2.45, 2.75) is 10.6 Å². The number of aromatic nitrogens is 1. The van der Waals surface area contributed by atoms with Gasteiger partial charge in [0.2, 0.25) is 0 Å². The first-order valence-corrected chi connectivity index (χ1v) is 9.44. The fourth-order valence-electron chi connectivity index (χ4n) is 2.80. The molecule has 4 aromatic rings. The van der Waals surface area contributed by atoms with Crippen LogP contribution in [0.5, 0.6) is 11.5 Å². The van der Waals surface area contributed by atoms with E-state index in [9.17, 15) is 10.2 Å². The van der Waals surface area contributed by atoms with Gasteiger partial charge >= 0.3 is 0 Å². The molecule has 0 amide bonds. The summed E-state index contributed by atoms with van der Waals surface area (Å²) in [5, 5.41) is 23.4. The predicted molar refractivity (Wildman–Crippen MR) is 107 cm³/mol. The molecule has 0 unspecified atom stereocenters. The molecule has 0 saturated carbocycles. The van der Waals surface area contributed by atoms with E-state index in [0.29, 0.717) is 11.5 Å². The van der Waals surface area contributed by atoms with Gasteiger partial charge in [0.25, 0.3) is 0 Å². The fraction of sp³-hybridized carbons (Fsp3) is 0.0455. The third-order valence-electron chi connectivity index (χ3n) is 4.18. The molecular formula is C22H17NO3S. The Morgan fingerprint density at radius 1 is 0.741 bits per heavy atom. The Hall–Kier alpha value is -3.18. The SMILES string of the molecule is Oc1ccc(-c2noc(-c3ccc(O)cc3)c2CSc2ccccc2)cc1. The van der Waals surface area contributed by atoms with Crippen LogP contribution in [0, 0.1) is 0 Å². The summed E-state index contributed by atoms with van der Waals surface area (Å²) in [6, 6.07) is 24.0. The van der Waals surface area contributed by atoms with E-state index in [1.807, 2.05) is 42.5 Å². The van der Waals surface area contributed by atoms with Gasteiger partial charge in [0.15, 0.2) is 5.76 Å². The number of benzene rings is 3.